The van der Waals surface area contributed by atoms with Gasteiger partial charge in [-0.1, -0.05) is 0 Å². The van der Waals surface area contributed by atoms with Crippen LogP contribution >= 0.6 is 0 Å². The van der Waals surface area contributed by atoms with Crippen molar-refractivity contribution in [1.29, 1.82) is 0 Å². The van der Waals surface area contributed by atoms with Crippen LogP contribution in [0.1, 0.15) is 54.7 Å². The van der Waals surface area contributed by atoms with Crippen molar-refractivity contribution in [2.75, 3.05) is 31.2 Å². The van der Waals surface area contributed by atoms with E-state index in [1.165, 1.54) is 12.8 Å². The van der Waals surface area contributed by atoms with Crippen LogP contribution in [0.2, 0.25) is 0 Å². The summed E-state index contributed by atoms with van der Waals surface area (Å²) in [6.45, 7) is 6.33. The second-order valence-corrected chi connectivity index (χ2v) is 8.99. The van der Waals surface area contributed by atoms with Gasteiger partial charge in [0.1, 0.15) is 17.9 Å². The number of hydrogen-bond donors (Lipinski definition) is 0. The molecule has 1 aliphatic heterocycles. The number of alkyl halides is 2. The Bertz CT molecular complexity index is 1090. The summed E-state index contributed by atoms with van der Waals surface area (Å²) in [5.41, 5.74) is 3.25. The lowest BCUT2D eigenvalue weighted by Gasteiger charge is -2.27. The monoisotopic (exact) mass is 457 g/mol. The third kappa shape index (κ3) is 4.80. The van der Waals surface area contributed by atoms with Crippen LogP contribution in [-0.4, -0.2) is 68.4 Å². The number of aryl methyl sites for hydroxylation is 2. The molecule has 33 heavy (non-hydrogen) atoms. The number of halogens is 2. The second-order valence-electron chi connectivity index (χ2n) is 8.99. The molecule has 2 unspecified atom stereocenters. The fourth-order valence-corrected chi connectivity index (χ4v) is 4.31. The highest BCUT2D eigenvalue weighted by Gasteiger charge is 2.38. The SMILES string of the molecule is Cc1nc2nc(N3CCOCC3)nc(C3CC(F)C(F)C3)c2nc1C.c1cnn(C2CC2)c1. The van der Waals surface area contributed by atoms with Crippen LogP contribution in [0.5, 0.6) is 0 Å². The maximum absolute atomic E-state index is 13.8. The van der Waals surface area contributed by atoms with Gasteiger partial charge in [0.05, 0.1) is 36.3 Å². The highest BCUT2D eigenvalue weighted by molar-refractivity contribution is 5.75. The third-order valence-corrected chi connectivity index (χ3v) is 6.50. The van der Waals surface area contributed by atoms with Crippen molar-refractivity contribution in [3.63, 3.8) is 0 Å². The number of morpholine rings is 1. The smallest absolute Gasteiger partial charge is 0.227 e. The molecule has 0 N–H and O–H groups in total. The first-order valence-electron chi connectivity index (χ1n) is 11.6. The number of nitrogens with zero attached hydrogens (tertiary/aromatic N) is 7. The molecule has 6 rings (SSSR count). The van der Waals surface area contributed by atoms with Crippen LogP contribution < -0.4 is 4.90 Å². The van der Waals surface area contributed by atoms with Gasteiger partial charge in [-0.05, 0) is 45.6 Å². The standard InChI is InChI=1S/C17H21F2N5O.C6H8N2/c1-9-10(2)21-16-15(20-9)14(11-7-12(18)13(19)8-11)22-17(23-16)24-3-5-25-6-4-24;1-4-7-8(5-1)6-2-3-6/h11-13H,3-8H2,1-2H3;1,4-6H,2-3H2. The first kappa shape index (κ1) is 22.1. The van der Waals surface area contributed by atoms with E-state index in [1.54, 1.807) is 0 Å². The molecule has 3 aliphatic rings. The molecule has 4 heterocycles. The minimum absolute atomic E-state index is 0.129. The summed E-state index contributed by atoms with van der Waals surface area (Å²) in [5, 5.41) is 4.09. The molecule has 0 amide bonds. The largest absolute Gasteiger partial charge is 0.378 e. The van der Waals surface area contributed by atoms with E-state index in [0.29, 0.717) is 49.1 Å². The number of hydrogen-bond acceptors (Lipinski definition) is 7. The Labute approximate surface area is 191 Å². The summed E-state index contributed by atoms with van der Waals surface area (Å²) in [6.07, 6.45) is 3.87. The highest BCUT2D eigenvalue weighted by Crippen LogP contribution is 2.39. The van der Waals surface area contributed by atoms with Crippen molar-refractivity contribution in [1.82, 2.24) is 29.7 Å². The van der Waals surface area contributed by atoms with Gasteiger partial charge in [0, 0.05) is 31.4 Å². The van der Waals surface area contributed by atoms with Crippen molar-refractivity contribution < 1.29 is 13.5 Å². The normalized spacial score (nSPS) is 25.2. The summed E-state index contributed by atoms with van der Waals surface area (Å²) in [6, 6.07) is 2.71. The van der Waals surface area contributed by atoms with Gasteiger partial charge in [-0.25, -0.2) is 23.7 Å². The molecule has 8 nitrogen and oxygen atoms in total. The minimum Gasteiger partial charge on any atom is -0.378 e. The summed E-state index contributed by atoms with van der Waals surface area (Å²) < 4.78 is 34.9. The topological polar surface area (TPSA) is 81.8 Å². The average Bonchev–Trinajstić information content (AvgIpc) is 3.42. The van der Waals surface area contributed by atoms with E-state index in [2.05, 4.69) is 25.0 Å². The number of rotatable bonds is 3. The fourth-order valence-electron chi connectivity index (χ4n) is 4.31. The van der Waals surface area contributed by atoms with E-state index in [1.807, 2.05) is 41.9 Å². The lowest BCUT2D eigenvalue weighted by Crippen LogP contribution is -2.37. The Balaban J connectivity index is 0.000000238. The van der Waals surface area contributed by atoms with Crippen molar-refractivity contribution in [2.45, 2.75) is 63.8 Å². The fraction of sp³-hybridized carbons (Fsp3) is 0.609. The molecule has 0 radical (unpaired) electrons. The Morgan fingerprint density at radius 2 is 1.64 bits per heavy atom. The lowest BCUT2D eigenvalue weighted by atomic mass is 10.0. The molecule has 0 aromatic carbocycles. The summed E-state index contributed by atoms with van der Waals surface area (Å²) >= 11 is 0. The Morgan fingerprint density at radius 3 is 2.27 bits per heavy atom. The van der Waals surface area contributed by atoms with Gasteiger partial charge in [-0.15, -0.1) is 0 Å². The van der Waals surface area contributed by atoms with E-state index in [9.17, 15) is 8.78 Å². The summed E-state index contributed by atoms with van der Waals surface area (Å²) in [7, 11) is 0. The minimum atomic E-state index is -1.44. The van der Waals surface area contributed by atoms with Gasteiger partial charge in [-0.3, -0.25) is 4.68 Å². The van der Waals surface area contributed by atoms with Gasteiger partial charge in [0.2, 0.25) is 5.95 Å². The van der Waals surface area contributed by atoms with Gasteiger partial charge in [-0.2, -0.15) is 10.1 Å². The molecule has 1 saturated heterocycles. The summed E-state index contributed by atoms with van der Waals surface area (Å²) in [5.74, 6) is 0.243. The number of ether oxygens (including phenoxy) is 1. The second kappa shape index (κ2) is 9.24. The molecule has 10 heteroatoms. The average molecular weight is 458 g/mol. The number of aromatic nitrogens is 6. The van der Waals surface area contributed by atoms with E-state index >= 15 is 0 Å². The first-order chi connectivity index (χ1) is 16.0. The van der Waals surface area contributed by atoms with Gasteiger partial charge >= 0.3 is 0 Å². The van der Waals surface area contributed by atoms with Crippen LogP contribution in [-0.2, 0) is 4.74 Å². The van der Waals surface area contributed by atoms with E-state index in [0.717, 1.165) is 17.4 Å². The Kier molecular flexibility index (Phi) is 6.18. The van der Waals surface area contributed by atoms with E-state index in [-0.39, 0.29) is 18.8 Å². The maximum Gasteiger partial charge on any atom is 0.227 e. The summed E-state index contributed by atoms with van der Waals surface area (Å²) in [4.78, 5) is 20.4. The van der Waals surface area contributed by atoms with Crippen LogP contribution in [0.3, 0.4) is 0 Å². The van der Waals surface area contributed by atoms with Crippen molar-refractivity contribution in [3.8, 4) is 0 Å². The molecule has 0 spiro atoms. The number of anilines is 1. The molecule has 2 atom stereocenters. The van der Waals surface area contributed by atoms with Crippen molar-refractivity contribution in [3.05, 3.63) is 35.5 Å². The Morgan fingerprint density at radius 1 is 0.939 bits per heavy atom. The number of fused-ring (bicyclic) bond motifs is 1. The van der Waals surface area contributed by atoms with E-state index in [4.69, 9.17) is 4.74 Å². The van der Waals surface area contributed by atoms with Crippen molar-refractivity contribution in [2.24, 2.45) is 0 Å². The first-order valence-corrected chi connectivity index (χ1v) is 11.6. The molecular weight excluding hydrogens is 428 g/mol. The molecule has 2 saturated carbocycles. The zero-order valence-corrected chi connectivity index (χ0v) is 19.0. The zero-order valence-electron chi connectivity index (χ0n) is 19.0. The molecular formula is C23H29F2N7O. The van der Waals surface area contributed by atoms with Gasteiger partial charge in [0.15, 0.2) is 5.65 Å². The van der Waals surface area contributed by atoms with Crippen LogP contribution in [0, 0.1) is 13.8 Å². The molecule has 176 valence electrons. The van der Waals surface area contributed by atoms with Crippen LogP contribution in [0.25, 0.3) is 11.2 Å². The quantitative estimate of drug-likeness (QED) is 0.594. The molecule has 3 fully saturated rings. The van der Waals surface area contributed by atoms with Crippen LogP contribution in [0.15, 0.2) is 18.5 Å². The third-order valence-electron chi connectivity index (χ3n) is 6.50. The van der Waals surface area contributed by atoms with Gasteiger partial charge in [0.25, 0.3) is 0 Å². The molecule has 2 aliphatic carbocycles. The van der Waals surface area contributed by atoms with E-state index < -0.39 is 12.3 Å². The maximum atomic E-state index is 13.8. The molecule has 3 aromatic rings. The predicted molar refractivity (Wildman–Crippen MR) is 120 cm³/mol. The molecule has 0 bridgehead atoms. The predicted octanol–water partition coefficient (Wildman–Crippen LogP) is 3.64. The van der Waals surface area contributed by atoms with Crippen LogP contribution in [0.4, 0.5) is 14.7 Å². The highest BCUT2D eigenvalue weighted by atomic mass is 19.2. The van der Waals surface area contributed by atoms with Crippen molar-refractivity contribution >= 4 is 17.1 Å². The Hall–Kier alpha value is -2.75. The molecule has 3 aromatic heterocycles. The lowest BCUT2D eigenvalue weighted by molar-refractivity contribution is 0.122. The zero-order chi connectivity index (χ0) is 22.9. The van der Waals surface area contributed by atoms with Gasteiger partial charge < -0.3 is 9.64 Å².